The van der Waals surface area contributed by atoms with Crippen LogP contribution < -0.4 is 5.32 Å². The molecule has 0 amide bonds. The van der Waals surface area contributed by atoms with Gasteiger partial charge in [-0.25, -0.2) is 0 Å². The Bertz CT molecular complexity index is 530. The van der Waals surface area contributed by atoms with Gasteiger partial charge >= 0.3 is 0 Å². The van der Waals surface area contributed by atoms with Crippen LogP contribution in [-0.4, -0.2) is 13.1 Å². The Morgan fingerprint density at radius 1 is 1.33 bits per heavy atom. The summed E-state index contributed by atoms with van der Waals surface area (Å²) in [6.07, 6.45) is 3.31. The second-order valence-corrected chi connectivity index (χ2v) is 4.83. The summed E-state index contributed by atoms with van der Waals surface area (Å²) in [4.78, 5) is 0. The molecule has 0 radical (unpaired) electrons. The summed E-state index contributed by atoms with van der Waals surface area (Å²) < 4.78 is 5.63. The lowest BCUT2D eigenvalue weighted by molar-refractivity contribution is 0.593. The highest BCUT2D eigenvalue weighted by Gasteiger charge is 2.59. The van der Waals surface area contributed by atoms with Crippen molar-refractivity contribution in [1.29, 1.82) is 0 Å². The summed E-state index contributed by atoms with van der Waals surface area (Å²) in [5.41, 5.74) is 2.86. The molecule has 2 aromatic rings. The fourth-order valence-corrected chi connectivity index (χ4v) is 3.12. The molecule has 2 fully saturated rings. The molecule has 0 spiro atoms. The number of furan rings is 1. The lowest BCUT2D eigenvalue weighted by Crippen LogP contribution is -2.18. The maximum Gasteiger partial charge on any atom is 0.134 e. The molecule has 15 heavy (non-hydrogen) atoms. The van der Waals surface area contributed by atoms with Crippen LogP contribution in [0.25, 0.3) is 11.0 Å². The van der Waals surface area contributed by atoms with E-state index in [1.165, 1.54) is 23.9 Å². The minimum Gasteiger partial charge on any atom is -0.464 e. The van der Waals surface area contributed by atoms with E-state index in [-0.39, 0.29) is 0 Å². The van der Waals surface area contributed by atoms with Crippen LogP contribution in [0.2, 0.25) is 0 Å². The Morgan fingerprint density at radius 2 is 2.27 bits per heavy atom. The number of benzene rings is 1. The van der Waals surface area contributed by atoms with Crippen molar-refractivity contribution in [2.75, 3.05) is 13.1 Å². The van der Waals surface area contributed by atoms with Gasteiger partial charge in [0, 0.05) is 22.9 Å². The van der Waals surface area contributed by atoms with Crippen LogP contribution in [0.3, 0.4) is 0 Å². The molecule has 2 aliphatic rings. The van der Waals surface area contributed by atoms with Crippen molar-refractivity contribution in [2.24, 2.45) is 5.92 Å². The molecular weight excluding hydrogens is 186 g/mol. The van der Waals surface area contributed by atoms with Crippen LogP contribution in [-0.2, 0) is 5.41 Å². The van der Waals surface area contributed by atoms with E-state index in [4.69, 9.17) is 4.42 Å². The van der Waals surface area contributed by atoms with Crippen molar-refractivity contribution in [3.8, 4) is 0 Å². The van der Waals surface area contributed by atoms with Gasteiger partial charge in [0.2, 0.25) is 0 Å². The summed E-state index contributed by atoms with van der Waals surface area (Å²) >= 11 is 0. The van der Waals surface area contributed by atoms with Gasteiger partial charge in [-0.05, 0) is 24.9 Å². The zero-order valence-electron chi connectivity index (χ0n) is 8.49. The monoisotopic (exact) mass is 199 g/mol. The Balaban J connectivity index is 1.95. The Kier molecular flexibility index (Phi) is 1.30. The zero-order chi connectivity index (χ0) is 9.88. The highest BCUT2D eigenvalue weighted by Crippen LogP contribution is 2.58. The van der Waals surface area contributed by atoms with Gasteiger partial charge in [-0.3, -0.25) is 0 Å². The molecule has 2 heteroatoms. The smallest absolute Gasteiger partial charge is 0.134 e. The maximum atomic E-state index is 5.63. The van der Waals surface area contributed by atoms with E-state index >= 15 is 0 Å². The first-order valence-corrected chi connectivity index (χ1v) is 5.58. The van der Waals surface area contributed by atoms with Gasteiger partial charge in [-0.2, -0.15) is 0 Å². The van der Waals surface area contributed by atoms with Gasteiger partial charge in [-0.1, -0.05) is 18.2 Å². The molecule has 1 aliphatic carbocycles. The van der Waals surface area contributed by atoms with E-state index in [9.17, 15) is 0 Å². The van der Waals surface area contributed by atoms with Gasteiger partial charge in [-0.15, -0.1) is 0 Å². The fourth-order valence-electron chi connectivity index (χ4n) is 3.12. The first-order valence-electron chi connectivity index (χ1n) is 5.58. The summed E-state index contributed by atoms with van der Waals surface area (Å²) in [6, 6.07) is 8.36. The molecular formula is C13H13NO. The van der Waals surface area contributed by atoms with Crippen LogP contribution >= 0.6 is 0 Å². The van der Waals surface area contributed by atoms with Crippen LogP contribution in [0.5, 0.6) is 0 Å². The van der Waals surface area contributed by atoms with E-state index in [1.807, 2.05) is 12.3 Å². The van der Waals surface area contributed by atoms with Crippen LogP contribution in [0.4, 0.5) is 0 Å². The van der Waals surface area contributed by atoms with Crippen LogP contribution in [0.1, 0.15) is 12.0 Å². The van der Waals surface area contributed by atoms with E-state index in [0.29, 0.717) is 5.41 Å². The standard InChI is InChI=1S/C13H13NO/c1-2-4-12-10(3-1)11(7-15-12)13-5-9(13)6-14-8-13/h1-4,7,9,14H,5-6,8H2. The van der Waals surface area contributed by atoms with Crippen molar-refractivity contribution in [3.63, 3.8) is 0 Å². The molecule has 0 bridgehead atoms. The van der Waals surface area contributed by atoms with E-state index in [2.05, 4.69) is 23.5 Å². The number of para-hydroxylation sites is 1. The SMILES string of the molecule is c1ccc2c(C34CNCC3C4)coc2c1. The quantitative estimate of drug-likeness (QED) is 0.762. The number of nitrogens with one attached hydrogen (secondary N) is 1. The Morgan fingerprint density at radius 3 is 3.07 bits per heavy atom. The molecule has 1 N–H and O–H groups in total. The van der Waals surface area contributed by atoms with Gasteiger partial charge in [0.15, 0.2) is 0 Å². The average Bonchev–Trinajstić information content (AvgIpc) is 2.68. The van der Waals surface area contributed by atoms with Gasteiger partial charge in [0.1, 0.15) is 5.58 Å². The van der Waals surface area contributed by atoms with Crippen molar-refractivity contribution >= 4 is 11.0 Å². The highest BCUT2D eigenvalue weighted by molar-refractivity contribution is 5.83. The predicted molar refractivity (Wildman–Crippen MR) is 58.9 cm³/mol. The molecule has 1 saturated carbocycles. The lowest BCUT2D eigenvalue weighted by atomic mass is 9.95. The number of piperidine rings is 1. The molecule has 2 unspecified atom stereocenters. The van der Waals surface area contributed by atoms with Crippen molar-refractivity contribution < 1.29 is 4.42 Å². The summed E-state index contributed by atoms with van der Waals surface area (Å²) in [6.45, 7) is 2.31. The average molecular weight is 199 g/mol. The molecule has 2 atom stereocenters. The Hall–Kier alpha value is -1.28. The molecule has 1 aromatic carbocycles. The van der Waals surface area contributed by atoms with Gasteiger partial charge in [0.25, 0.3) is 0 Å². The fraction of sp³-hybridized carbons (Fsp3) is 0.385. The van der Waals surface area contributed by atoms with E-state index < -0.39 is 0 Å². The van der Waals surface area contributed by atoms with Crippen molar-refractivity contribution in [1.82, 2.24) is 5.32 Å². The number of rotatable bonds is 1. The molecule has 2 heterocycles. The second kappa shape index (κ2) is 2.45. The summed E-state index contributed by atoms with van der Waals surface area (Å²) in [7, 11) is 0. The maximum absolute atomic E-state index is 5.63. The van der Waals surface area contributed by atoms with E-state index in [1.54, 1.807) is 0 Å². The first kappa shape index (κ1) is 7.94. The molecule has 4 rings (SSSR count). The minimum atomic E-state index is 0.409. The van der Waals surface area contributed by atoms with Crippen LogP contribution in [0, 0.1) is 5.92 Å². The number of fused-ring (bicyclic) bond motifs is 2. The predicted octanol–water partition coefficient (Wildman–Crippen LogP) is 2.29. The van der Waals surface area contributed by atoms with Gasteiger partial charge < -0.3 is 9.73 Å². The molecule has 2 nitrogen and oxygen atoms in total. The Labute approximate surface area is 88.3 Å². The molecule has 1 aliphatic heterocycles. The largest absolute Gasteiger partial charge is 0.464 e. The minimum absolute atomic E-state index is 0.409. The van der Waals surface area contributed by atoms with Gasteiger partial charge in [0.05, 0.1) is 6.26 Å². The number of hydrogen-bond donors (Lipinski definition) is 1. The van der Waals surface area contributed by atoms with Crippen molar-refractivity contribution in [2.45, 2.75) is 11.8 Å². The molecule has 1 aromatic heterocycles. The van der Waals surface area contributed by atoms with Crippen LogP contribution in [0.15, 0.2) is 34.9 Å². The summed E-state index contributed by atoms with van der Waals surface area (Å²) in [5, 5.41) is 4.78. The third kappa shape index (κ3) is 0.882. The highest BCUT2D eigenvalue weighted by atomic mass is 16.3. The summed E-state index contributed by atoms with van der Waals surface area (Å²) in [5.74, 6) is 0.846. The zero-order valence-corrected chi connectivity index (χ0v) is 8.49. The first-order chi connectivity index (χ1) is 7.40. The van der Waals surface area contributed by atoms with Crippen molar-refractivity contribution in [3.05, 3.63) is 36.1 Å². The third-order valence-corrected chi connectivity index (χ3v) is 4.08. The van der Waals surface area contributed by atoms with E-state index in [0.717, 1.165) is 18.0 Å². The topological polar surface area (TPSA) is 25.2 Å². The lowest BCUT2D eigenvalue weighted by Gasteiger charge is -2.08. The molecule has 1 saturated heterocycles. The number of hydrogen-bond acceptors (Lipinski definition) is 2. The normalized spacial score (nSPS) is 33.2. The second-order valence-electron chi connectivity index (χ2n) is 4.83. The molecule has 76 valence electrons. The third-order valence-electron chi connectivity index (χ3n) is 4.08.